The predicted octanol–water partition coefficient (Wildman–Crippen LogP) is 2.40. The van der Waals surface area contributed by atoms with Crippen molar-refractivity contribution in [3.05, 3.63) is 11.9 Å². The number of hydrogen-bond acceptors (Lipinski definition) is 4. The van der Waals surface area contributed by atoms with E-state index in [-0.39, 0.29) is 0 Å². The van der Waals surface area contributed by atoms with Crippen LogP contribution in [0.4, 0.5) is 5.82 Å². The quantitative estimate of drug-likeness (QED) is 0.749. The standard InChI is InChI=1S/C12H19N3O/c1-9-14-11(8-12(15-9)16-2)13-7-3-4-10-5-6-10/h8,10H,3-7H2,1-2H3,(H,13,14,15). The number of nitrogens with one attached hydrogen (secondary N) is 1. The lowest BCUT2D eigenvalue weighted by atomic mass is 10.2. The molecule has 1 fully saturated rings. The van der Waals surface area contributed by atoms with Gasteiger partial charge in [0.05, 0.1) is 7.11 Å². The molecule has 1 N–H and O–H groups in total. The Bertz CT molecular complexity index is 350. The summed E-state index contributed by atoms with van der Waals surface area (Å²) in [6.45, 7) is 2.86. The van der Waals surface area contributed by atoms with Gasteiger partial charge < -0.3 is 10.1 Å². The summed E-state index contributed by atoms with van der Waals surface area (Å²) < 4.78 is 5.10. The second-order valence-electron chi connectivity index (χ2n) is 4.36. The molecular formula is C12H19N3O. The molecule has 2 rings (SSSR count). The van der Waals surface area contributed by atoms with E-state index in [1.54, 1.807) is 7.11 Å². The number of rotatable bonds is 6. The summed E-state index contributed by atoms with van der Waals surface area (Å²) in [5.41, 5.74) is 0. The van der Waals surface area contributed by atoms with Crippen molar-refractivity contribution in [2.45, 2.75) is 32.6 Å². The maximum atomic E-state index is 5.10. The number of aromatic nitrogens is 2. The molecule has 88 valence electrons. The van der Waals surface area contributed by atoms with E-state index < -0.39 is 0 Å². The predicted molar refractivity (Wildman–Crippen MR) is 63.8 cm³/mol. The number of methoxy groups -OCH3 is 1. The molecule has 0 atom stereocenters. The minimum atomic E-state index is 0.622. The molecule has 1 aromatic rings. The van der Waals surface area contributed by atoms with Gasteiger partial charge in [0.15, 0.2) is 0 Å². The Labute approximate surface area is 96.4 Å². The Balaban J connectivity index is 1.80. The van der Waals surface area contributed by atoms with Crippen molar-refractivity contribution in [2.24, 2.45) is 5.92 Å². The third-order valence-electron chi connectivity index (χ3n) is 2.82. The van der Waals surface area contributed by atoms with Crippen molar-refractivity contribution < 1.29 is 4.74 Å². The normalized spacial score (nSPS) is 14.9. The molecule has 0 bridgehead atoms. The van der Waals surface area contributed by atoms with Crippen LogP contribution >= 0.6 is 0 Å². The summed E-state index contributed by atoms with van der Waals surface area (Å²) in [6, 6.07) is 1.84. The molecule has 0 aliphatic heterocycles. The maximum absolute atomic E-state index is 5.10. The van der Waals surface area contributed by atoms with Crippen LogP contribution in [-0.4, -0.2) is 23.6 Å². The lowest BCUT2D eigenvalue weighted by Crippen LogP contribution is -2.05. The van der Waals surface area contributed by atoms with Crippen LogP contribution in [0.1, 0.15) is 31.5 Å². The third-order valence-corrected chi connectivity index (χ3v) is 2.82. The summed E-state index contributed by atoms with van der Waals surface area (Å²) in [4.78, 5) is 8.46. The molecule has 16 heavy (non-hydrogen) atoms. The van der Waals surface area contributed by atoms with E-state index >= 15 is 0 Å². The van der Waals surface area contributed by atoms with Crippen molar-refractivity contribution in [1.29, 1.82) is 0 Å². The minimum absolute atomic E-state index is 0.622. The molecule has 1 heterocycles. The maximum Gasteiger partial charge on any atom is 0.218 e. The molecule has 1 aromatic heterocycles. The van der Waals surface area contributed by atoms with Crippen LogP contribution in [0.25, 0.3) is 0 Å². The first-order valence-electron chi connectivity index (χ1n) is 5.91. The number of nitrogens with zero attached hydrogens (tertiary/aromatic N) is 2. The lowest BCUT2D eigenvalue weighted by Gasteiger charge is -2.07. The summed E-state index contributed by atoms with van der Waals surface area (Å²) in [6.07, 6.45) is 5.42. The zero-order valence-corrected chi connectivity index (χ0v) is 9.99. The van der Waals surface area contributed by atoms with Crippen LogP contribution in [0.15, 0.2) is 6.07 Å². The molecule has 0 amide bonds. The van der Waals surface area contributed by atoms with Gasteiger partial charge in [-0.3, -0.25) is 0 Å². The molecule has 0 aromatic carbocycles. The van der Waals surface area contributed by atoms with Crippen molar-refractivity contribution in [2.75, 3.05) is 19.0 Å². The fourth-order valence-electron chi connectivity index (χ4n) is 1.75. The van der Waals surface area contributed by atoms with Gasteiger partial charge in [-0.2, -0.15) is 4.98 Å². The molecule has 1 aliphatic carbocycles. The average molecular weight is 221 g/mol. The minimum Gasteiger partial charge on any atom is -0.481 e. The van der Waals surface area contributed by atoms with Crippen molar-refractivity contribution in [3.63, 3.8) is 0 Å². The van der Waals surface area contributed by atoms with Gasteiger partial charge in [-0.25, -0.2) is 4.98 Å². The Morgan fingerprint density at radius 1 is 1.44 bits per heavy atom. The second kappa shape index (κ2) is 5.14. The van der Waals surface area contributed by atoms with E-state index in [2.05, 4.69) is 15.3 Å². The van der Waals surface area contributed by atoms with Gasteiger partial charge in [0, 0.05) is 12.6 Å². The summed E-state index contributed by atoms with van der Waals surface area (Å²) in [5.74, 6) is 3.23. The number of hydrogen-bond donors (Lipinski definition) is 1. The smallest absolute Gasteiger partial charge is 0.218 e. The van der Waals surface area contributed by atoms with E-state index in [4.69, 9.17) is 4.74 Å². The molecule has 4 heteroatoms. The Morgan fingerprint density at radius 3 is 2.94 bits per heavy atom. The van der Waals surface area contributed by atoms with Gasteiger partial charge in [-0.15, -0.1) is 0 Å². The van der Waals surface area contributed by atoms with Crippen molar-refractivity contribution in [3.8, 4) is 5.88 Å². The molecule has 0 radical (unpaired) electrons. The van der Waals surface area contributed by atoms with Crippen LogP contribution in [-0.2, 0) is 0 Å². The van der Waals surface area contributed by atoms with E-state index in [0.29, 0.717) is 5.88 Å². The van der Waals surface area contributed by atoms with Crippen molar-refractivity contribution in [1.82, 2.24) is 9.97 Å². The zero-order valence-electron chi connectivity index (χ0n) is 9.99. The molecular weight excluding hydrogens is 202 g/mol. The first-order chi connectivity index (χ1) is 7.78. The summed E-state index contributed by atoms with van der Waals surface area (Å²) >= 11 is 0. The van der Waals surface area contributed by atoms with Crippen LogP contribution in [0.3, 0.4) is 0 Å². The Morgan fingerprint density at radius 2 is 2.25 bits per heavy atom. The Hall–Kier alpha value is -1.32. The largest absolute Gasteiger partial charge is 0.481 e. The third kappa shape index (κ3) is 3.36. The lowest BCUT2D eigenvalue weighted by molar-refractivity contribution is 0.396. The molecule has 0 unspecified atom stereocenters. The van der Waals surface area contributed by atoms with E-state index in [0.717, 1.165) is 24.1 Å². The average Bonchev–Trinajstić information content (AvgIpc) is 3.07. The van der Waals surface area contributed by atoms with Gasteiger partial charge in [0.2, 0.25) is 5.88 Å². The Kier molecular flexibility index (Phi) is 3.59. The highest BCUT2D eigenvalue weighted by atomic mass is 16.5. The molecule has 0 saturated heterocycles. The van der Waals surface area contributed by atoms with Gasteiger partial charge in [0.25, 0.3) is 0 Å². The fourth-order valence-corrected chi connectivity index (χ4v) is 1.75. The zero-order chi connectivity index (χ0) is 11.4. The highest BCUT2D eigenvalue weighted by molar-refractivity contribution is 5.38. The molecule has 4 nitrogen and oxygen atoms in total. The fraction of sp³-hybridized carbons (Fsp3) is 0.667. The molecule has 1 saturated carbocycles. The first kappa shape index (κ1) is 11.2. The second-order valence-corrected chi connectivity index (χ2v) is 4.36. The van der Waals surface area contributed by atoms with E-state index in [9.17, 15) is 0 Å². The number of ether oxygens (including phenoxy) is 1. The van der Waals surface area contributed by atoms with Gasteiger partial charge in [-0.1, -0.05) is 12.8 Å². The van der Waals surface area contributed by atoms with Crippen LogP contribution in [0.5, 0.6) is 5.88 Å². The summed E-state index contributed by atoms with van der Waals surface area (Å²) in [7, 11) is 1.62. The monoisotopic (exact) mass is 221 g/mol. The van der Waals surface area contributed by atoms with Crippen molar-refractivity contribution >= 4 is 5.82 Å². The van der Waals surface area contributed by atoms with Crippen LogP contribution < -0.4 is 10.1 Å². The van der Waals surface area contributed by atoms with Gasteiger partial charge >= 0.3 is 0 Å². The van der Waals surface area contributed by atoms with Crippen LogP contribution in [0, 0.1) is 12.8 Å². The number of anilines is 1. The van der Waals surface area contributed by atoms with E-state index in [1.165, 1.54) is 25.7 Å². The SMILES string of the molecule is COc1cc(NCCCC2CC2)nc(C)n1. The van der Waals surface area contributed by atoms with E-state index in [1.807, 2.05) is 13.0 Å². The topological polar surface area (TPSA) is 47.0 Å². The highest BCUT2D eigenvalue weighted by Gasteiger charge is 2.19. The number of aryl methyl sites for hydroxylation is 1. The van der Waals surface area contributed by atoms with Gasteiger partial charge in [0.1, 0.15) is 11.6 Å². The first-order valence-corrected chi connectivity index (χ1v) is 5.91. The summed E-state index contributed by atoms with van der Waals surface area (Å²) in [5, 5.41) is 3.31. The highest BCUT2D eigenvalue weighted by Crippen LogP contribution is 2.33. The molecule has 0 spiro atoms. The van der Waals surface area contributed by atoms with Gasteiger partial charge in [-0.05, 0) is 25.7 Å². The molecule has 1 aliphatic rings. The van der Waals surface area contributed by atoms with Crippen LogP contribution in [0.2, 0.25) is 0 Å².